The summed E-state index contributed by atoms with van der Waals surface area (Å²) in [5.41, 5.74) is 2.28. The van der Waals surface area contributed by atoms with Crippen LogP contribution in [0.2, 0.25) is 5.02 Å². The van der Waals surface area contributed by atoms with Gasteiger partial charge < -0.3 is 14.7 Å². The number of hydrogen-bond acceptors (Lipinski definition) is 3. The van der Waals surface area contributed by atoms with Gasteiger partial charge in [-0.1, -0.05) is 29.8 Å². The molecule has 0 unspecified atom stereocenters. The van der Waals surface area contributed by atoms with Crippen LogP contribution >= 0.6 is 11.6 Å². The van der Waals surface area contributed by atoms with Crippen LogP contribution in [0.5, 0.6) is 5.75 Å². The summed E-state index contributed by atoms with van der Waals surface area (Å²) in [6.45, 7) is 1.54. The molecular formula is C20H20ClNO4. The molecule has 1 N–H and O–H groups in total. The number of nitrogens with zero attached hydrogens (tertiary/aromatic N) is 1. The monoisotopic (exact) mass is 373 g/mol. The van der Waals surface area contributed by atoms with E-state index in [1.165, 1.54) is 0 Å². The summed E-state index contributed by atoms with van der Waals surface area (Å²) in [5, 5.41) is 9.67. The third-order valence-corrected chi connectivity index (χ3v) is 4.76. The molecule has 0 spiro atoms. The molecule has 0 aromatic heterocycles. The third kappa shape index (κ3) is 4.35. The summed E-state index contributed by atoms with van der Waals surface area (Å²) in [7, 11) is 0. The van der Waals surface area contributed by atoms with Crippen molar-refractivity contribution >= 4 is 23.5 Å². The minimum absolute atomic E-state index is 0.0548. The number of carboxylic acids is 1. The normalized spacial score (nSPS) is 13.2. The van der Waals surface area contributed by atoms with Crippen LogP contribution in [0.15, 0.2) is 42.5 Å². The molecule has 26 heavy (non-hydrogen) atoms. The number of para-hydroxylation sites is 1. The predicted molar refractivity (Wildman–Crippen MR) is 98.7 cm³/mol. The smallest absolute Gasteiger partial charge is 0.335 e. The molecule has 0 saturated heterocycles. The van der Waals surface area contributed by atoms with Crippen LogP contribution in [0.3, 0.4) is 0 Å². The van der Waals surface area contributed by atoms with Crippen LogP contribution < -0.4 is 4.74 Å². The zero-order chi connectivity index (χ0) is 18.5. The Morgan fingerprint density at radius 2 is 1.96 bits per heavy atom. The fourth-order valence-electron chi connectivity index (χ4n) is 3.03. The molecule has 0 atom stereocenters. The molecule has 3 rings (SSSR count). The van der Waals surface area contributed by atoms with Gasteiger partial charge in [-0.2, -0.15) is 0 Å². The largest absolute Gasteiger partial charge is 0.492 e. The van der Waals surface area contributed by atoms with E-state index in [2.05, 4.69) is 0 Å². The second kappa shape index (κ2) is 8.23. The first kappa shape index (κ1) is 18.3. The van der Waals surface area contributed by atoms with E-state index in [1.54, 1.807) is 29.2 Å². The maximum Gasteiger partial charge on any atom is 0.335 e. The number of rotatable bonds is 6. The third-order valence-electron chi connectivity index (χ3n) is 4.45. The van der Waals surface area contributed by atoms with Crippen molar-refractivity contribution in [3.05, 3.63) is 64.2 Å². The number of ether oxygens (including phenoxy) is 1. The molecule has 1 aliphatic rings. The number of carbonyl (C=O) groups is 2. The number of carboxylic acid groups (broad SMARTS) is 1. The highest BCUT2D eigenvalue weighted by atomic mass is 35.5. The summed E-state index contributed by atoms with van der Waals surface area (Å²) in [6, 6.07) is 12.4. The quantitative estimate of drug-likeness (QED) is 0.782. The van der Waals surface area contributed by atoms with Gasteiger partial charge in [0.2, 0.25) is 5.91 Å². The number of benzene rings is 2. The summed E-state index contributed by atoms with van der Waals surface area (Å²) in [4.78, 5) is 25.3. The molecule has 2 aromatic rings. The SMILES string of the molecule is O=C(O)c1ccc2c(c1)CN(C(=O)CCCOc1ccccc1Cl)CC2. The van der Waals surface area contributed by atoms with E-state index in [4.69, 9.17) is 21.4 Å². The Kier molecular flexibility index (Phi) is 5.78. The predicted octanol–water partition coefficient (Wildman–Crippen LogP) is 3.78. The van der Waals surface area contributed by atoms with Gasteiger partial charge in [0.1, 0.15) is 5.75 Å². The second-order valence-corrected chi connectivity index (χ2v) is 6.64. The lowest BCUT2D eigenvalue weighted by Gasteiger charge is -2.29. The fraction of sp³-hybridized carbons (Fsp3) is 0.300. The average Bonchev–Trinajstić information content (AvgIpc) is 2.65. The van der Waals surface area contributed by atoms with Crippen molar-refractivity contribution in [3.63, 3.8) is 0 Å². The van der Waals surface area contributed by atoms with E-state index < -0.39 is 5.97 Å². The Bertz CT molecular complexity index is 821. The maximum atomic E-state index is 12.4. The Morgan fingerprint density at radius 3 is 2.73 bits per heavy atom. The van der Waals surface area contributed by atoms with Crippen molar-refractivity contribution < 1.29 is 19.4 Å². The van der Waals surface area contributed by atoms with Crippen LogP contribution in [0.25, 0.3) is 0 Å². The Labute approximate surface area is 157 Å². The lowest BCUT2D eigenvalue weighted by atomic mass is 9.97. The average molecular weight is 374 g/mol. The first-order valence-corrected chi connectivity index (χ1v) is 8.92. The summed E-state index contributed by atoms with van der Waals surface area (Å²) < 4.78 is 5.60. The van der Waals surface area contributed by atoms with Gasteiger partial charge in [0.05, 0.1) is 17.2 Å². The van der Waals surface area contributed by atoms with E-state index in [0.717, 1.165) is 17.5 Å². The summed E-state index contributed by atoms with van der Waals surface area (Å²) in [5.74, 6) is -0.276. The van der Waals surface area contributed by atoms with Crippen molar-refractivity contribution in [3.8, 4) is 5.75 Å². The van der Waals surface area contributed by atoms with Gasteiger partial charge >= 0.3 is 5.97 Å². The van der Waals surface area contributed by atoms with Gasteiger partial charge in [-0.3, -0.25) is 4.79 Å². The van der Waals surface area contributed by atoms with Crippen LogP contribution in [0, 0.1) is 0 Å². The minimum atomic E-state index is -0.951. The molecule has 1 heterocycles. The van der Waals surface area contributed by atoms with E-state index >= 15 is 0 Å². The fourth-order valence-corrected chi connectivity index (χ4v) is 3.22. The Morgan fingerprint density at radius 1 is 1.15 bits per heavy atom. The number of hydrogen-bond donors (Lipinski definition) is 1. The zero-order valence-electron chi connectivity index (χ0n) is 14.3. The highest BCUT2D eigenvalue weighted by Crippen LogP contribution is 2.24. The van der Waals surface area contributed by atoms with E-state index in [9.17, 15) is 9.59 Å². The molecule has 0 aliphatic carbocycles. The van der Waals surface area contributed by atoms with Gasteiger partial charge in [0.25, 0.3) is 0 Å². The van der Waals surface area contributed by atoms with E-state index in [-0.39, 0.29) is 11.5 Å². The van der Waals surface area contributed by atoms with Crippen LogP contribution in [0.1, 0.15) is 34.3 Å². The summed E-state index contributed by atoms with van der Waals surface area (Å²) in [6.07, 6.45) is 1.73. The van der Waals surface area contributed by atoms with Crippen molar-refractivity contribution in [2.75, 3.05) is 13.2 Å². The summed E-state index contributed by atoms with van der Waals surface area (Å²) >= 11 is 6.03. The van der Waals surface area contributed by atoms with Gasteiger partial charge in [-0.05, 0) is 48.2 Å². The van der Waals surface area contributed by atoms with Gasteiger partial charge in [0.15, 0.2) is 0 Å². The topological polar surface area (TPSA) is 66.8 Å². The number of carbonyl (C=O) groups excluding carboxylic acids is 1. The van der Waals surface area contributed by atoms with E-state index in [0.29, 0.717) is 43.3 Å². The molecule has 0 saturated carbocycles. The molecule has 1 aliphatic heterocycles. The molecule has 0 radical (unpaired) electrons. The Hall–Kier alpha value is -2.53. The number of aromatic carboxylic acids is 1. The molecule has 0 fully saturated rings. The van der Waals surface area contributed by atoms with Crippen molar-refractivity contribution in [2.45, 2.75) is 25.8 Å². The van der Waals surface area contributed by atoms with Crippen LogP contribution in [0.4, 0.5) is 0 Å². The van der Waals surface area contributed by atoms with Gasteiger partial charge in [0, 0.05) is 19.5 Å². The molecule has 136 valence electrons. The highest BCUT2D eigenvalue weighted by molar-refractivity contribution is 6.32. The van der Waals surface area contributed by atoms with Crippen molar-refractivity contribution in [1.29, 1.82) is 0 Å². The standard InChI is InChI=1S/C20H20ClNO4/c21-17-4-1-2-5-18(17)26-11-3-6-19(23)22-10-9-14-7-8-15(20(24)25)12-16(14)13-22/h1-2,4-5,7-8,12H,3,6,9-11,13H2,(H,24,25). The Balaban J connectivity index is 1.50. The lowest BCUT2D eigenvalue weighted by Crippen LogP contribution is -2.36. The number of halogens is 1. The molecule has 0 bridgehead atoms. The van der Waals surface area contributed by atoms with Gasteiger partial charge in [-0.25, -0.2) is 4.79 Å². The second-order valence-electron chi connectivity index (χ2n) is 6.24. The molecular weight excluding hydrogens is 354 g/mol. The number of amides is 1. The van der Waals surface area contributed by atoms with Crippen molar-refractivity contribution in [2.24, 2.45) is 0 Å². The van der Waals surface area contributed by atoms with Gasteiger partial charge in [-0.15, -0.1) is 0 Å². The molecule has 5 nitrogen and oxygen atoms in total. The molecule has 6 heteroatoms. The van der Waals surface area contributed by atoms with Crippen LogP contribution in [-0.4, -0.2) is 35.0 Å². The van der Waals surface area contributed by atoms with E-state index in [1.807, 2.05) is 18.2 Å². The minimum Gasteiger partial charge on any atom is -0.492 e. The number of fused-ring (bicyclic) bond motifs is 1. The highest BCUT2D eigenvalue weighted by Gasteiger charge is 2.21. The molecule has 2 aromatic carbocycles. The maximum absolute atomic E-state index is 12.4. The molecule has 1 amide bonds. The first-order valence-electron chi connectivity index (χ1n) is 8.55. The first-order chi connectivity index (χ1) is 12.5. The lowest BCUT2D eigenvalue weighted by molar-refractivity contribution is -0.132. The van der Waals surface area contributed by atoms with Crippen LogP contribution in [-0.2, 0) is 17.8 Å². The van der Waals surface area contributed by atoms with Crippen molar-refractivity contribution in [1.82, 2.24) is 4.90 Å². The zero-order valence-corrected chi connectivity index (χ0v) is 15.0.